The van der Waals surface area contributed by atoms with Crippen LogP contribution in [0, 0.1) is 0 Å². The molecule has 5 rings (SSSR count). The summed E-state index contributed by atoms with van der Waals surface area (Å²) < 4.78 is 22.1. The van der Waals surface area contributed by atoms with Crippen molar-refractivity contribution in [3.8, 4) is 0 Å². The van der Waals surface area contributed by atoms with Crippen LogP contribution in [-0.2, 0) is 11.3 Å². The van der Waals surface area contributed by atoms with Crippen LogP contribution in [0.2, 0.25) is 0 Å². The molecule has 3 aromatic rings. The lowest BCUT2D eigenvalue weighted by Crippen LogP contribution is -2.31. The van der Waals surface area contributed by atoms with E-state index in [2.05, 4.69) is 26.0 Å². The van der Waals surface area contributed by atoms with E-state index in [4.69, 9.17) is 4.74 Å². The van der Waals surface area contributed by atoms with E-state index in [1.165, 1.54) is 10.7 Å². The largest absolute Gasteiger partial charge is 0.376 e. The number of rotatable bonds is 7. The van der Waals surface area contributed by atoms with Crippen LogP contribution in [0.3, 0.4) is 0 Å². The third-order valence-corrected chi connectivity index (χ3v) is 5.96. The second-order valence-corrected chi connectivity index (χ2v) is 8.39. The smallest absolute Gasteiger partial charge is 0.274 e. The first kappa shape index (κ1) is 21.4. The molecule has 11 heteroatoms. The van der Waals surface area contributed by atoms with Crippen LogP contribution < -0.4 is 21.5 Å². The van der Waals surface area contributed by atoms with Gasteiger partial charge in [0.1, 0.15) is 29.1 Å². The Labute approximate surface area is 189 Å². The number of anilines is 3. The van der Waals surface area contributed by atoms with E-state index in [0.717, 1.165) is 25.9 Å². The fourth-order valence-corrected chi connectivity index (χ4v) is 4.01. The molecule has 3 aromatic heterocycles. The number of nitrogens with zero attached hydrogens (tertiary/aromatic N) is 4. The quantitative estimate of drug-likeness (QED) is 0.500. The van der Waals surface area contributed by atoms with Crippen molar-refractivity contribution in [3.63, 3.8) is 0 Å². The van der Waals surface area contributed by atoms with Gasteiger partial charge in [-0.1, -0.05) is 0 Å². The van der Waals surface area contributed by atoms with E-state index in [0.29, 0.717) is 35.9 Å². The molecule has 1 aliphatic heterocycles. The highest BCUT2D eigenvalue weighted by molar-refractivity contribution is 6.00. The summed E-state index contributed by atoms with van der Waals surface area (Å²) in [5.41, 5.74) is 0.698. The number of hydrogen-bond acceptors (Lipinski definition) is 7. The number of hydrogen-bond donors (Lipinski definition) is 3. The lowest BCUT2D eigenvalue weighted by atomic mass is 10.1. The fourth-order valence-electron chi connectivity index (χ4n) is 4.01. The molecule has 33 heavy (non-hydrogen) atoms. The minimum Gasteiger partial charge on any atom is -0.376 e. The highest BCUT2D eigenvalue weighted by Crippen LogP contribution is 2.26. The molecule has 0 aromatic carbocycles. The summed E-state index contributed by atoms with van der Waals surface area (Å²) in [4.78, 5) is 30.1. The van der Waals surface area contributed by atoms with Crippen LogP contribution in [0.4, 0.5) is 21.7 Å². The highest BCUT2D eigenvalue weighted by atomic mass is 19.1. The maximum absolute atomic E-state index is 13.2. The van der Waals surface area contributed by atoms with Crippen LogP contribution in [0.1, 0.15) is 36.0 Å². The van der Waals surface area contributed by atoms with Gasteiger partial charge >= 0.3 is 0 Å². The summed E-state index contributed by atoms with van der Waals surface area (Å²) >= 11 is 0. The van der Waals surface area contributed by atoms with Crippen molar-refractivity contribution < 1.29 is 13.9 Å². The summed E-state index contributed by atoms with van der Waals surface area (Å²) in [6, 6.07) is 4.71. The van der Waals surface area contributed by atoms with Crippen LogP contribution in [0.25, 0.3) is 5.65 Å². The maximum Gasteiger partial charge on any atom is 0.274 e. The molecule has 2 fully saturated rings. The summed E-state index contributed by atoms with van der Waals surface area (Å²) in [6.07, 6.45) is 5.58. The van der Waals surface area contributed by atoms with E-state index in [1.807, 2.05) is 0 Å². The number of amides is 1. The first-order chi connectivity index (χ1) is 16.0. The Hall–Kier alpha value is -3.47. The first-order valence-corrected chi connectivity index (χ1v) is 11.1. The molecule has 1 saturated heterocycles. The first-order valence-electron chi connectivity index (χ1n) is 11.1. The summed E-state index contributed by atoms with van der Waals surface area (Å²) in [5.74, 6) is 0.513. The van der Waals surface area contributed by atoms with Gasteiger partial charge in [0.25, 0.3) is 11.5 Å². The Balaban J connectivity index is 1.42. The third-order valence-electron chi connectivity index (χ3n) is 5.96. The zero-order chi connectivity index (χ0) is 22.9. The number of carbonyl (C=O) groups excluding carboxylic acids is 1. The van der Waals surface area contributed by atoms with E-state index < -0.39 is 18.1 Å². The van der Waals surface area contributed by atoms with Gasteiger partial charge in [0.15, 0.2) is 5.65 Å². The van der Waals surface area contributed by atoms with Crippen molar-refractivity contribution in [2.75, 3.05) is 24.3 Å². The van der Waals surface area contributed by atoms with Gasteiger partial charge in [-0.25, -0.2) is 9.37 Å². The molecule has 1 saturated carbocycles. The van der Waals surface area contributed by atoms with Gasteiger partial charge in [-0.15, -0.1) is 0 Å². The number of fused-ring (bicyclic) bond motifs is 1. The zero-order valence-electron chi connectivity index (χ0n) is 18.3. The van der Waals surface area contributed by atoms with Crippen molar-refractivity contribution in [2.45, 2.75) is 50.5 Å². The van der Waals surface area contributed by atoms with Crippen molar-refractivity contribution in [1.82, 2.24) is 24.5 Å². The van der Waals surface area contributed by atoms with Gasteiger partial charge < -0.3 is 25.3 Å². The molecule has 10 nitrogen and oxygen atoms in total. The van der Waals surface area contributed by atoms with E-state index in [-0.39, 0.29) is 17.2 Å². The molecule has 0 bridgehead atoms. The van der Waals surface area contributed by atoms with Gasteiger partial charge in [-0.05, 0) is 31.4 Å². The maximum atomic E-state index is 13.2. The number of nitrogens with one attached hydrogen (secondary N) is 3. The number of halogens is 1. The molecule has 0 radical (unpaired) electrons. The minimum atomic E-state index is -1.01. The van der Waals surface area contributed by atoms with Gasteiger partial charge in [0, 0.05) is 32.3 Å². The predicted octanol–water partition coefficient (Wildman–Crippen LogP) is 2.09. The van der Waals surface area contributed by atoms with Crippen LogP contribution in [0.5, 0.6) is 0 Å². The van der Waals surface area contributed by atoms with Crippen molar-refractivity contribution in [3.05, 3.63) is 46.5 Å². The standard InChI is InChI=1S/C22H26FN7O3/c1-24-19-10-18(28-20-14(11-25-30(19)20)21(31)27-17-9-15(17)23)26-16-6-4-7-29(22(16)32)12-13-5-2-3-8-33-13/h4,6-7,10-11,13,15,17,24H,2-3,5,8-9,12H2,1H3,(H,26,28)(H,27,31)/t13?,15-,17+/m0/s1. The Kier molecular flexibility index (Phi) is 5.71. The Morgan fingerprint density at radius 3 is 2.94 bits per heavy atom. The lowest BCUT2D eigenvalue weighted by Gasteiger charge is -2.23. The predicted molar refractivity (Wildman–Crippen MR) is 121 cm³/mol. The third kappa shape index (κ3) is 4.40. The monoisotopic (exact) mass is 455 g/mol. The van der Waals surface area contributed by atoms with Crippen molar-refractivity contribution >= 4 is 28.9 Å². The van der Waals surface area contributed by atoms with Crippen LogP contribution >= 0.6 is 0 Å². The second kappa shape index (κ2) is 8.81. The van der Waals surface area contributed by atoms with Crippen molar-refractivity contribution in [2.24, 2.45) is 0 Å². The molecule has 1 aliphatic carbocycles. The van der Waals surface area contributed by atoms with Gasteiger partial charge in [0.2, 0.25) is 0 Å². The Morgan fingerprint density at radius 2 is 2.21 bits per heavy atom. The van der Waals surface area contributed by atoms with E-state index in [1.54, 1.807) is 36.0 Å². The summed E-state index contributed by atoms with van der Waals surface area (Å²) in [7, 11) is 1.72. The molecule has 174 valence electrons. The number of ether oxygens (including phenoxy) is 1. The molecule has 0 spiro atoms. The zero-order valence-corrected chi connectivity index (χ0v) is 18.3. The molecular weight excluding hydrogens is 429 g/mol. The Morgan fingerprint density at radius 1 is 1.36 bits per heavy atom. The SMILES string of the molecule is CNc1cc(Nc2cccn(CC3CCCCO3)c2=O)nc2c(C(=O)N[C@@H]3C[C@@H]3F)cnn12. The molecule has 4 heterocycles. The van der Waals surface area contributed by atoms with Crippen LogP contribution in [-0.4, -0.2) is 57.0 Å². The van der Waals surface area contributed by atoms with E-state index >= 15 is 0 Å². The second-order valence-electron chi connectivity index (χ2n) is 8.39. The number of alkyl halides is 1. The molecule has 3 atom stereocenters. The number of carbonyl (C=O) groups is 1. The van der Waals surface area contributed by atoms with Crippen molar-refractivity contribution in [1.29, 1.82) is 0 Å². The van der Waals surface area contributed by atoms with Gasteiger partial charge in [0.05, 0.1) is 24.9 Å². The fraction of sp³-hybridized carbons (Fsp3) is 0.455. The van der Waals surface area contributed by atoms with E-state index in [9.17, 15) is 14.0 Å². The molecule has 3 N–H and O–H groups in total. The highest BCUT2D eigenvalue weighted by Gasteiger charge is 2.39. The summed E-state index contributed by atoms with van der Waals surface area (Å²) in [5, 5.41) is 13.0. The average molecular weight is 455 g/mol. The van der Waals surface area contributed by atoms with Crippen LogP contribution in [0.15, 0.2) is 35.4 Å². The summed E-state index contributed by atoms with van der Waals surface area (Å²) in [6.45, 7) is 1.22. The van der Waals surface area contributed by atoms with Gasteiger partial charge in [-0.3, -0.25) is 9.59 Å². The molecule has 2 aliphatic rings. The number of aromatic nitrogens is 4. The molecular formula is C22H26FN7O3. The topological polar surface area (TPSA) is 115 Å². The van der Waals surface area contributed by atoms with Gasteiger partial charge in [-0.2, -0.15) is 9.61 Å². The normalized spacial score (nSPS) is 22.2. The number of pyridine rings is 1. The molecule has 1 unspecified atom stereocenters. The Bertz CT molecular complexity index is 1230. The minimum absolute atomic E-state index is 0.0281. The average Bonchev–Trinajstić information content (AvgIpc) is 3.33. The lowest BCUT2D eigenvalue weighted by molar-refractivity contribution is 0.00546. The molecule has 1 amide bonds.